The summed E-state index contributed by atoms with van der Waals surface area (Å²) in [6.07, 6.45) is 1.72. The molecule has 0 radical (unpaired) electrons. The van der Waals surface area contributed by atoms with Crippen LogP contribution in [0.5, 0.6) is 0 Å². The number of hydrogen-bond donors (Lipinski definition) is 0. The van der Waals surface area contributed by atoms with Crippen molar-refractivity contribution in [1.82, 2.24) is 14.7 Å². The van der Waals surface area contributed by atoms with E-state index in [0.29, 0.717) is 18.8 Å². The molecule has 0 N–H and O–H groups in total. The lowest BCUT2D eigenvalue weighted by Crippen LogP contribution is -2.52. The number of nitrogens with zero attached hydrogens (tertiary/aromatic N) is 4. The number of benzene rings is 1. The van der Waals surface area contributed by atoms with Crippen LogP contribution in [0, 0.1) is 6.92 Å². The number of carbonyl (C=O) groups is 2. The molecule has 0 atom stereocenters. The topological polar surface area (TPSA) is 58.4 Å². The Morgan fingerprint density at radius 3 is 2.45 bits per heavy atom. The maximum Gasteiger partial charge on any atom is 0.274 e. The lowest BCUT2D eigenvalue weighted by Gasteiger charge is -2.34. The maximum absolute atomic E-state index is 12.3. The molecule has 6 heteroatoms. The van der Waals surface area contributed by atoms with Gasteiger partial charge in [0.25, 0.3) is 5.91 Å². The number of rotatable bonds is 2. The first-order chi connectivity index (χ1) is 10.5. The third-order valence-electron chi connectivity index (χ3n) is 3.79. The van der Waals surface area contributed by atoms with Crippen molar-refractivity contribution >= 4 is 17.5 Å². The Morgan fingerprint density at radius 1 is 1.14 bits per heavy atom. The number of aryl methyl sites for hydroxylation is 2. The van der Waals surface area contributed by atoms with E-state index >= 15 is 0 Å². The highest BCUT2D eigenvalue weighted by molar-refractivity contribution is 6.00. The summed E-state index contributed by atoms with van der Waals surface area (Å²) >= 11 is 0. The summed E-state index contributed by atoms with van der Waals surface area (Å²) in [5, 5.41) is 4.10. The summed E-state index contributed by atoms with van der Waals surface area (Å²) in [6, 6.07) is 9.49. The minimum absolute atomic E-state index is 0.0700. The molecule has 3 rings (SSSR count). The van der Waals surface area contributed by atoms with Gasteiger partial charge in [0.2, 0.25) is 5.91 Å². The van der Waals surface area contributed by atoms with Gasteiger partial charge in [-0.3, -0.25) is 14.3 Å². The molecule has 2 heterocycles. The van der Waals surface area contributed by atoms with E-state index in [4.69, 9.17) is 0 Å². The summed E-state index contributed by atoms with van der Waals surface area (Å²) in [5.41, 5.74) is 2.40. The Hall–Kier alpha value is -2.63. The van der Waals surface area contributed by atoms with Gasteiger partial charge in [0.05, 0.1) is 0 Å². The zero-order valence-electron chi connectivity index (χ0n) is 12.7. The van der Waals surface area contributed by atoms with Crippen molar-refractivity contribution in [1.29, 1.82) is 0 Å². The van der Waals surface area contributed by atoms with E-state index in [0.717, 1.165) is 11.3 Å². The number of hydrogen-bond acceptors (Lipinski definition) is 3. The minimum atomic E-state index is -0.197. The van der Waals surface area contributed by atoms with Crippen molar-refractivity contribution in [3.05, 3.63) is 47.8 Å². The monoisotopic (exact) mass is 298 g/mol. The molecular formula is C16H18N4O2. The Kier molecular flexibility index (Phi) is 3.66. The van der Waals surface area contributed by atoms with Crippen LogP contribution in [-0.2, 0) is 11.8 Å². The Labute approximate surface area is 128 Å². The van der Waals surface area contributed by atoms with Gasteiger partial charge in [-0.25, -0.2) is 0 Å². The van der Waals surface area contributed by atoms with Crippen LogP contribution >= 0.6 is 0 Å². The molecule has 114 valence electrons. The van der Waals surface area contributed by atoms with Gasteiger partial charge >= 0.3 is 0 Å². The van der Waals surface area contributed by atoms with Crippen molar-refractivity contribution < 1.29 is 9.59 Å². The van der Waals surface area contributed by atoms with Crippen molar-refractivity contribution in [3.63, 3.8) is 0 Å². The second kappa shape index (κ2) is 5.63. The fraction of sp³-hybridized carbons (Fsp3) is 0.312. The standard InChI is InChI=1S/C16H18N4O2/c1-12-3-5-13(6-4-12)20-10-9-19(11-15(20)21)16(22)14-7-8-18(2)17-14/h3-8H,9-11H2,1-2H3. The summed E-state index contributed by atoms with van der Waals surface area (Å²) in [4.78, 5) is 27.9. The van der Waals surface area contributed by atoms with Gasteiger partial charge in [-0.15, -0.1) is 0 Å². The molecule has 0 unspecified atom stereocenters. The summed E-state index contributed by atoms with van der Waals surface area (Å²) in [6.45, 7) is 3.11. The van der Waals surface area contributed by atoms with Crippen molar-refractivity contribution in [2.45, 2.75) is 6.92 Å². The zero-order chi connectivity index (χ0) is 15.7. The van der Waals surface area contributed by atoms with Crippen LogP contribution in [0.15, 0.2) is 36.5 Å². The molecular weight excluding hydrogens is 280 g/mol. The van der Waals surface area contributed by atoms with Crippen molar-refractivity contribution in [3.8, 4) is 0 Å². The van der Waals surface area contributed by atoms with Crippen LogP contribution in [0.25, 0.3) is 0 Å². The highest BCUT2D eigenvalue weighted by atomic mass is 16.2. The largest absolute Gasteiger partial charge is 0.326 e. The highest BCUT2D eigenvalue weighted by Crippen LogP contribution is 2.18. The molecule has 1 aliphatic heterocycles. The number of aromatic nitrogens is 2. The smallest absolute Gasteiger partial charge is 0.274 e. The van der Waals surface area contributed by atoms with Crippen LogP contribution in [-0.4, -0.2) is 46.1 Å². The molecule has 0 saturated carbocycles. The fourth-order valence-electron chi connectivity index (χ4n) is 2.54. The predicted octanol–water partition coefficient (Wildman–Crippen LogP) is 1.22. The average molecular weight is 298 g/mol. The Morgan fingerprint density at radius 2 is 1.86 bits per heavy atom. The third kappa shape index (κ3) is 2.72. The van der Waals surface area contributed by atoms with E-state index in [2.05, 4.69) is 5.10 Å². The first kappa shape index (κ1) is 14.3. The number of piperazine rings is 1. The molecule has 1 aromatic heterocycles. The van der Waals surface area contributed by atoms with Gasteiger partial charge in [-0.1, -0.05) is 17.7 Å². The van der Waals surface area contributed by atoms with E-state index in [1.165, 1.54) is 0 Å². The van der Waals surface area contributed by atoms with E-state index in [1.54, 1.807) is 33.8 Å². The summed E-state index contributed by atoms with van der Waals surface area (Å²) < 4.78 is 1.58. The van der Waals surface area contributed by atoms with Gasteiger partial charge in [0, 0.05) is 32.0 Å². The van der Waals surface area contributed by atoms with E-state index in [1.807, 2.05) is 31.2 Å². The lowest BCUT2D eigenvalue weighted by atomic mass is 10.2. The number of carbonyl (C=O) groups excluding carboxylic acids is 2. The normalized spacial score (nSPS) is 15.3. The molecule has 0 aliphatic carbocycles. The molecule has 1 saturated heterocycles. The van der Waals surface area contributed by atoms with Gasteiger partial charge in [0.15, 0.2) is 0 Å². The maximum atomic E-state index is 12.3. The van der Waals surface area contributed by atoms with Crippen molar-refractivity contribution in [2.24, 2.45) is 7.05 Å². The van der Waals surface area contributed by atoms with Gasteiger partial charge < -0.3 is 9.80 Å². The molecule has 6 nitrogen and oxygen atoms in total. The van der Waals surface area contributed by atoms with Crippen LogP contribution in [0.2, 0.25) is 0 Å². The first-order valence-corrected chi connectivity index (χ1v) is 7.20. The third-order valence-corrected chi connectivity index (χ3v) is 3.79. The van der Waals surface area contributed by atoms with Crippen LogP contribution < -0.4 is 4.90 Å². The van der Waals surface area contributed by atoms with Gasteiger partial charge in [-0.05, 0) is 25.1 Å². The summed E-state index contributed by atoms with van der Waals surface area (Å²) in [5.74, 6) is -0.267. The fourth-order valence-corrected chi connectivity index (χ4v) is 2.54. The second-order valence-electron chi connectivity index (χ2n) is 5.48. The van der Waals surface area contributed by atoms with Gasteiger partial charge in [-0.2, -0.15) is 5.10 Å². The first-order valence-electron chi connectivity index (χ1n) is 7.20. The molecule has 1 aromatic carbocycles. The SMILES string of the molecule is Cc1ccc(N2CCN(C(=O)c3ccn(C)n3)CC2=O)cc1. The number of anilines is 1. The minimum Gasteiger partial charge on any atom is -0.326 e. The number of amides is 2. The quantitative estimate of drug-likeness (QED) is 0.837. The predicted molar refractivity (Wildman–Crippen MR) is 82.6 cm³/mol. The van der Waals surface area contributed by atoms with Crippen molar-refractivity contribution in [2.75, 3.05) is 24.5 Å². The van der Waals surface area contributed by atoms with Gasteiger partial charge in [0.1, 0.15) is 12.2 Å². The van der Waals surface area contributed by atoms with Crippen LogP contribution in [0.4, 0.5) is 5.69 Å². The summed E-state index contributed by atoms with van der Waals surface area (Å²) in [7, 11) is 1.76. The molecule has 2 aromatic rings. The van der Waals surface area contributed by atoms with Crippen LogP contribution in [0.3, 0.4) is 0 Å². The molecule has 2 amide bonds. The molecule has 0 bridgehead atoms. The second-order valence-corrected chi connectivity index (χ2v) is 5.48. The van der Waals surface area contributed by atoms with Crippen LogP contribution in [0.1, 0.15) is 16.1 Å². The lowest BCUT2D eigenvalue weighted by molar-refractivity contribution is -0.120. The Balaban J connectivity index is 1.71. The van der Waals surface area contributed by atoms with E-state index in [-0.39, 0.29) is 18.4 Å². The average Bonchev–Trinajstić information content (AvgIpc) is 2.94. The molecule has 1 fully saturated rings. The Bertz CT molecular complexity index is 705. The van der Waals surface area contributed by atoms with E-state index in [9.17, 15) is 9.59 Å². The molecule has 22 heavy (non-hydrogen) atoms. The molecule has 1 aliphatic rings. The molecule has 0 spiro atoms. The zero-order valence-corrected chi connectivity index (χ0v) is 12.7. The van der Waals surface area contributed by atoms with E-state index < -0.39 is 0 Å². The highest BCUT2D eigenvalue weighted by Gasteiger charge is 2.29.